The van der Waals surface area contributed by atoms with E-state index < -0.39 is 0 Å². The molecule has 2 heteroatoms. The Kier molecular flexibility index (Phi) is 4.32. The van der Waals surface area contributed by atoms with Gasteiger partial charge >= 0.3 is 0 Å². The molecule has 17 heavy (non-hydrogen) atoms. The normalized spacial score (nSPS) is 15.9. The van der Waals surface area contributed by atoms with E-state index in [1.165, 1.54) is 6.42 Å². The molecule has 0 unspecified atom stereocenters. The summed E-state index contributed by atoms with van der Waals surface area (Å²) < 4.78 is 1.02. The number of hydrogen-bond donors (Lipinski definition) is 0. The van der Waals surface area contributed by atoms with Crippen LogP contribution in [0.5, 0.6) is 0 Å². The van der Waals surface area contributed by atoms with Crippen LogP contribution in [0.1, 0.15) is 31.2 Å². The molecule has 1 aliphatic rings. The molecule has 0 radical (unpaired) electrons. The number of ketones is 1. The molecular formula is C15H15BrO. The molecule has 1 aromatic carbocycles. The number of rotatable bonds is 3. The smallest absolute Gasteiger partial charge is 0.181 e. The lowest BCUT2D eigenvalue weighted by Gasteiger charge is -2.09. The predicted octanol–water partition coefficient (Wildman–Crippen LogP) is 4.53. The molecule has 88 valence electrons. The molecule has 0 fully saturated rings. The van der Waals surface area contributed by atoms with Gasteiger partial charge in [0.25, 0.3) is 0 Å². The Morgan fingerprint density at radius 2 is 2.06 bits per heavy atom. The molecular weight excluding hydrogens is 276 g/mol. The Labute approximate surface area is 110 Å². The first-order chi connectivity index (χ1) is 8.27. The van der Waals surface area contributed by atoms with Crippen molar-refractivity contribution in [1.82, 2.24) is 0 Å². The third kappa shape index (κ3) is 3.40. The summed E-state index contributed by atoms with van der Waals surface area (Å²) in [6.07, 6.45) is 9.96. The standard InChI is InChI=1S/C15H15BrO/c16-14-9-5-4-6-12(14)10-11-15(17)13-7-2-1-3-8-13/h4-7,9-11H,1-3,8H2/b11-10+. The van der Waals surface area contributed by atoms with E-state index in [2.05, 4.69) is 22.0 Å². The molecule has 0 aliphatic heterocycles. The average Bonchev–Trinajstić information content (AvgIpc) is 2.38. The maximum absolute atomic E-state index is 11.9. The SMILES string of the molecule is O=C(/C=C/c1ccccc1Br)C1=CCCCC1. The first-order valence-electron chi connectivity index (χ1n) is 5.93. The van der Waals surface area contributed by atoms with Gasteiger partial charge in [0, 0.05) is 4.47 Å². The molecule has 0 N–H and O–H groups in total. The second-order valence-electron chi connectivity index (χ2n) is 4.19. The second-order valence-corrected chi connectivity index (χ2v) is 5.05. The van der Waals surface area contributed by atoms with Crippen LogP contribution >= 0.6 is 15.9 Å². The highest BCUT2D eigenvalue weighted by molar-refractivity contribution is 9.10. The highest BCUT2D eigenvalue weighted by Crippen LogP contribution is 2.20. The van der Waals surface area contributed by atoms with Crippen molar-refractivity contribution in [3.63, 3.8) is 0 Å². The lowest BCUT2D eigenvalue weighted by molar-refractivity contribution is -0.111. The fourth-order valence-corrected chi connectivity index (χ4v) is 2.36. The Morgan fingerprint density at radius 1 is 1.24 bits per heavy atom. The van der Waals surface area contributed by atoms with Gasteiger partial charge in [-0.05, 0) is 55.0 Å². The highest BCUT2D eigenvalue weighted by atomic mass is 79.9. The van der Waals surface area contributed by atoms with Crippen molar-refractivity contribution in [3.05, 3.63) is 52.0 Å². The first-order valence-corrected chi connectivity index (χ1v) is 6.72. The molecule has 0 heterocycles. The number of hydrogen-bond acceptors (Lipinski definition) is 1. The Balaban J connectivity index is 2.08. The third-order valence-electron chi connectivity index (χ3n) is 2.93. The minimum atomic E-state index is 0.153. The lowest BCUT2D eigenvalue weighted by Crippen LogP contribution is -2.02. The van der Waals surface area contributed by atoms with Gasteiger partial charge in [-0.2, -0.15) is 0 Å². The van der Waals surface area contributed by atoms with Crippen molar-refractivity contribution in [1.29, 1.82) is 0 Å². The zero-order valence-electron chi connectivity index (χ0n) is 9.66. The Morgan fingerprint density at radius 3 is 2.76 bits per heavy atom. The summed E-state index contributed by atoms with van der Waals surface area (Å²) in [7, 11) is 0. The average molecular weight is 291 g/mol. The van der Waals surface area contributed by atoms with E-state index in [0.29, 0.717) is 0 Å². The number of carbonyl (C=O) groups excluding carboxylic acids is 1. The maximum atomic E-state index is 11.9. The molecule has 0 spiro atoms. The van der Waals surface area contributed by atoms with Gasteiger partial charge in [0.05, 0.1) is 0 Å². The fourth-order valence-electron chi connectivity index (χ4n) is 1.94. The summed E-state index contributed by atoms with van der Waals surface area (Å²) in [4.78, 5) is 11.9. The van der Waals surface area contributed by atoms with Gasteiger partial charge < -0.3 is 0 Å². The summed E-state index contributed by atoms with van der Waals surface area (Å²) in [6.45, 7) is 0. The minimum Gasteiger partial charge on any atom is -0.290 e. The van der Waals surface area contributed by atoms with E-state index in [1.54, 1.807) is 6.08 Å². The third-order valence-corrected chi connectivity index (χ3v) is 3.65. The molecule has 0 aromatic heterocycles. The highest BCUT2D eigenvalue weighted by Gasteiger charge is 2.09. The van der Waals surface area contributed by atoms with Gasteiger partial charge in [-0.15, -0.1) is 0 Å². The lowest BCUT2D eigenvalue weighted by atomic mass is 9.96. The van der Waals surface area contributed by atoms with Crippen LogP contribution in [0.4, 0.5) is 0 Å². The van der Waals surface area contributed by atoms with Gasteiger partial charge in [-0.3, -0.25) is 4.79 Å². The zero-order valence-corrected chi connectivity index (χ0v) is 11.2. The van der Waals surface area contributed by atoms with E-state index in [9.17, 15) is 4.79 Å². The Bertz CT molecular complexity index is 472. The van der Waals surface area contributed by atoms with E-state index in [1.807, 2.05) is 30.3 Å². The van der Waals surface area contributed by atoms with Gasteiger partial charge in [0.1, 0.15) is 0 Å². The monoisotopic (exact) mass is 290 g/mol. The van der Waals surface area contributed by atoms with E-state index in [0.717, 1.165) is 34.9 Å². The maximum Gasteiger partial charge on any atom is 0.181 e. The largest absolute Gasteiger partial charge is 0.290 e. The quantitative estimate of drug-likeness (QED) is 0.748. The zero-order chi connectivity index (χ0) is 12.1. The number of allylic oxidation sites excluding steroid dienone is 3. The summed E-state index contributed by atoms with van der Waals surface area (Å²) in [5, 5.41) is 0. The van der Waals surface area contributed by atoms with Crippen LogP contribution < -0.4 is 0 Å². The molecule has 0 saturated carbocycles. The van der Waals surface area contributed by atoms with Crippen molar-refractivity contribution in [2.45, 2.75) is 25.7 Å². The van der Waals surface area contributed by atoms with Crippen LogP contribution in [0, 0.1) is 0 Å². The van der Waals surface area contributed by atoms with Crippen molar-refractivity contribution in [2.24, 2.45) is 0 Å². The van der Waals surface area contributed by atoms with Crippen LogP contribution in [0.2, 0.25) is 0 Å². The molecule has 0 saturated heterocycles. The van der Waals surface area contributed by atoms with Crippen molar-refractivity contribution in [2.75, 3.05) is 0 Å². The van der Waals surface area contributed by atoms with Gasteiger partial charge in [0.15, 0.2) is 5.78 Å². The summed E-state index contributed by atoms with van der Waals surface area (Å²) in [5.74, 6) is 0.153. The van der Waals surface area contributed by atoms with Gasteiger partial charge in [-0.25, -0.2) is 0 Å². The van der Waals surface area contributed by atoms with Crippen LogP contribution in [0.15, 0.2) is 46.5 Å². The molecule has 0 bridgehead atoms. The predicted molar refractivity (Wildman–Crippen MR) is 74.7 cm³/mol. The number of halogens is 1. The number of benzene rings is 1. The minimum absolute atomic E-state index is 0.153. The first kappa shape index (κ1) is 12.3. The van der Waals surface area contributed by atoms with Crippen LogP contribution in [0.25, 0.3) is 6.08 Å². The molecule has 2 rings (SSSR count). The molecule has 1 nitrogen and oxygen atoms in total. The van der Waals surface area contributed by atoms with E-state index in [4.69, 9.17) is 0 Å². The van der Waals surface area contributed by atoms with Crippen molar-refractivity contribution < 1.29 is 4.79 Å². The summed E-state index contributed by atoms with van der Waals surface area (Å²) in [6, 6.07) is 7.90. The molecule has 0 atom stereocenters. The summed E-state index contributed by atoms with van der Waals surface area (Å²) in [5.41, 5.74) is 2.01. The molecule has 1 aliphatic carbocycles. The van der Waals surface area contributed by atoms with Crippen LogP contribution in [0.3, 0.4) is 0 Å². The van der Waals surface area contributed by atoms with E-state index in [-0.39, 0.29) is 5.78 Å². The molecule has 1 aromatic rings. The second kappa shape index (κ2) is 5.97. The van der Waals surface area contributed by atoms with Crippen molar-refractivity contribution >= 4 is 27.8 Å². The van der Waals surface area contributed by atoms with Crippen LogP contribution in [-0.4, -0.2) is 5.78 Å². The van der Waals surface area contributed by atoms with Gasteiger partial charge in [-0.1, -0.05) is 40.2 Å². The number of carbonyl (C=O) groups is 1. The Hall–Kier alpha value is -1.15. The molecule has 0 amide bonds. The summed E-state index contributed by atoms with van der Waals surface area (Å²) >= 11 is 3.47. The van der Waals surface area contributed by atoms with Gasteiger partial charge in [0.2, 0.25) is 0 Å². The van der Waals surface area contributed by atoms with Crippen molar-refractivity contribution in [3.8, 4) is 0 Å². The van der Waals surface area contributed by atoms with Crippen LogP contribution in [-0.2, 0) is 4.79 Å². The topological polar surface area (TPSA) is 17.1 Å². The van der Waals surface area contributed by atoms with E-state index >= 15 is 0 Å². The fraction of sp³-hybridized carbons (Fsp3) is 0.267.